The second-order valence-corrected chi connectivity index (χ2v) is 4.35. The van der Waals surface area contributed by atoms with Gasteiger partial charge in [0.2, 0.25) is 0 Å². The first-order valence-electron chi connectivity index (χ1n) is 5.41. The molecule has 0 fully saturated rings. The number of aryl methyl sites for hydroxylation is 1. The standard InChI is InChI=1S/C12H13N3OS/c13-11(17)6-3-7-15-12(16)10-5-2-1-4-9(10)8-14-15/h1-2,4-5,8H,3,6-7H2,(H2,13,17). The van der Waals surface area contributed by atoms with Crippen LogP contribution in [0, 0.1) is 0 Å². The second kappa shape index (κ2) is 5.05. The molecule has 1 heterocycles. The van der Waals surface area contributed by atoms with Crippen LogP contribution in [-0.4, -0.2) is 14.8 Å². The lowest BCUT2D eigenvalue weighted by Gasteiger charge is -2.05. The van der Waals surface area contributed by atoms with Crippen LogP contribution < -0.4 is 11.3 Å². The van der Waals surface area contributed by atoms with Crippen molar-refractivity contribution in [1.29, 1.82) is 0 Å². The average molecular weight is 247 g/mol. The van der Waals surface area contributed by atoms with Crippen LogP contribution in [0.15, 0.2) is 35.3 Å². The van der Waals surface area contributed by atoms with Gasteiger partial charge in [-0.1, -0.05) is 30.4 Å². The molecule has 0 saturated carbocycles. The number of rotatable bonds is 4. The van der Waals surface area contributed by atoms with Gasteiger partial charge in [0.05, 0.1) is 16.6 Å². The van der Waals surface area contributed by atoms with Gasteiger partial charge < -0.3 is 5.73 Å². The van der Waals surface area contributed by atoms with Crippen molar-refractivity contribution in [3.8, 4) is 0 Å². The van der Waals surface area contributed by atoms with Gasteiger partial charge in [0.1, 0.15) is 0 Å². The minimum Gasteiger partial charge on any atom is -0.393 e. The Morgan fingerprint density at radius 1 is 1.41 bits per heavy atom. The minimum absolute atomic E-state index is 0.0639. The summed E-state index contributed by atoms with van der Waals surface area (Å²) >= 11 is 4.79. The van der Waals surface area contributed by atoms with E-state index in [-0.39, 0.29) is 5.56 Å². The van der Waals surface area contributed by atoms with E-state index in [0.29, 0.717) is 23.3 Å². The molecule has 2 N–H and O–H groups in total. The lowest BCUT2D eigenvalue weighted by Crippen LogP contribution is -2.23. The number of aromatic nitrogens is 2. The minimum atomic E-state index is -0.0639. The van der Waals surface area contributed by atoms with Crippen molar-refractivity contribution in [2.45, 2.75) is 19.4 Å². The van der Waals surface area contributed by atoms with E-state index in [1.807, 2.05) is 24.3 Å². The van der Waals surface area contributed by atoms with Gasteiger partial charge in [-0.05, 0) is 18.9 Å². The quantitative estimate of drug-likeness (QED) is 0.831. The molecule has 1 aromatic carbocycles. The third-order valence-corrected chi connectivity index (χ3v) is 2.76. The maximum atomic E-state index is 12.0. The summed E-state index contributed by atoms with van der Waals surface area (Å²) in [5.74, 6) is 0. The molecule has 0 aliphatic heterocycles. The van der Waals surface area contributed by atoms with Gasteiger partial charge in [0.25, 0.3) is 5.56 Å². The Labute approximate surface area is 104 Å². The van der Waals surface area contributed by atoms with Crippen molar-refractivity contribution in [2.75, 3.05) is 0 Å². The molecule has 0 bridgehead atoms. The summed E-state index contributed by atoms with van der Waals surface area (Å²) in [7, 11) is 0. The maximum Gasteiger partial charge on any atom is 0.274 e. The van der Waals surface area contributed by atoms with E-state index in [1.54, 1.807) is 6.20 Å². The summed E-state index contributed by atoms with van der Waals surface area (Å²) in [5, 5.41) is 5.68. The predicted octanol–water partition coefficient (Wildman–Crippen LogP) is 1.46. The Bertz CT molecular complexity index is 606. The lowest BCUT2D eigenvalue weighted by atomic mass is 10.2. The van der Waals surface area contributed by atoms with Crippen molar-refractivity contribution in [1.82, 2.24) is 9.78 Å². The number of nitrogens with two attached hydrogens (primary N) is 1. The molecule has 2 rings (SSSR count). The average Bonchev–Trinajstić information content (AvgIpc) is 2.32. The molecule has 0 atom stereocenters. The number of hydrogen-bond donors (Lipinski definition) is 1. The molecule has 17 heavy (non-hydrogen) atoms. The molecule has 0 radical (unpaired) electrons. The maximum absolute atomic E-state index is 12.0. The van der Waals surface area contributed by atoms with Crippen molar-refractivity contribution < 1.29 is 0 Å². The monoisotopic (exact) mass is 247 g/mol. The third kappa shape index (κ3) is 2.68. The smallest absolute Gasteiger partial charge is 0.274 e. The molecule has 0 unspecified atom stereocenters. The highest BCUT2D eigenvalue weighted by atomic mass is 32.1. The van der Waals surface area contributed by atoms with Crippen molar-refractivity contribution >= 4 is 28.0 Å². The van der Waals surface area contributed by atoms with Gasteiger partial charge in [-0.3, -0.25) is 4.79 Å². The van der Waals surface area contributed by atoms with Crippen LogP contribution in [0.3, 0.4) is 0 Å². The largest absolute Gasteiger partial charge is 0.393 e. The van der Waals surface area contributed by atoms with Gasteiger partial charge in [-0.25, -0.2) is 4.68 Å². The SMILES string of the molecule is NC(=S)CCCn1ncc2ccccc2c1=O. The van der Waals surface area contributed by atoms with Crippen LogP contribution in [0.1, 0.15) is 12.8 Å². The highest BCUT2D eigenvalue weighted by molar-refractivity contribution is 7.80. The van der Waals surface area contributed by atoms with Gasteiger partial charge in [-0.2, -0.15) is 5.10 Å². The Morgan fingerprint density at radius 2 is 2.18 bits per heavy atom. The summed E-state index contributed by atoms with van der Waals surface area (Å²) in [6, 6.07) is 7.43. The second-order valence-electron chi connectivity index (χ2n) is 3.83. The van der Waals surface area contributed by atoms with E-state index in [4.69, 9.17) is 18.0 Å². The molecule has 88 valence electrons. The van der Waals surface area contributed by atoms with E-state index in [9.17, 15) is 4.79 Å². The van der Waals surface area contributed by atoms with Crippen LogP contribution in [0.4, 0.5) is 0 Å². The number of fused-ring (bicyclic) bond motifs is 1. The lowest BCUT2D eigenvalue weighted by molar-refractivity contribution is 0.563. The van der Waals surface area contributed by atoms with Crippen LogP contribution in [0.2, 0.25) is 0 Å². The van der Waals surface area contributed by atoms with Crippen LogP contribution in [-0.2, 0) is 6.54 Å². The molecule has 5 heteroatoms. The van der Waals surface area contributed by atoms with E-state index >= 15 is 0 Å². The molecule has 2 aromatic rings. The van der Waals surface area contributed by atoms with Crippen molar-refractivity contribution in [3.05, 3.63) is 40.8 Å². The Morgan fingerprint density at radius 3 is 2.94 bits per heavy atom. The zero-order valence-corrected chi connectivity index (χ0v) is 10.1. The fraction of sp³-hybridized carbons (Fsp3) is 0.250. The number of benzene rings is 1. The number of thiocarbonyl (C=S) groups is 1. The Balaban J connectivity index is 2.27. The highest BCUT2D eigenvalue weighted by Crippen LogP contribution is 2.06. The Kier molecular flexibility index (Phi) is 3.49. The van der Waals surface area contributed by atoms with Gasteiger partial charge >= 0.3 is 0 Å². The molecule has 0 amide bonds. The fourth-order valence-corrected chi connectivity index (χ4v) is 1.83. The summed E-state index contributed by atoms with van der Waals surface area (Å²) in [5.41, 5.74) is 5.34. The summed E-state index contributed by atoms with van der Waals surface area (Å²) in [6.07, 6.45) is 3.08. The van der Waals surface area contributed by atoms with Crippen LogP contribution in [0.25, 0.3) is 10.8 Å². The van der Waals surface area contributed by atoms with E-state index < -0.39 is 0 Å². The first-order chi connectivity index (χ1) is 8.18. The molecule has 4 nitrogen and oxygen atoms in total. The van der Waals surface area contributed by atoms with E-state index in [2.05, 4.69) is 5.10 Å². The highest BCUT2D eigenvalue weighted by Gasteiger charge is 2.03. The summed E-state index contributed by atoms with van der Waals surface area (Å²) in [4.78, 5) is 12.5. The number of nitrogens with zero attached hydrogens (tertiary/aromatic N) is 2. The summed E-state index contributed by atoms with van der Waals surface area (Å²) in [6.45, 7) is 0.543. The molecule has 0 aliphatic rings. The third-order valence-electron chi connectivity index (χ3n) is 2.55. The van der Waals surface area contributed by atoms with Crippen LogP contribution in [0.5, 0.6) is 0 Å². The van der Waals surface area contributed by atoms with Gasteiger partial charge in [-0.15, -0.1) is 0 Å². The Hall–Kier alpha value is -1.75. The van der Waals surface area contributed by atoms with Gasteiger partial charge in [0, 0.05) is 11.9 Å². The van der Waals surface area contributed by atoms with E-state index in [0.717, 1.165) is 11.8 Å². The molecular formula is C12H13N3OS. The summed E-state index contributed by atoms with van der Waals surface area (Å²) < 4.78 is 1.46. The zero-order chi connectivity index (χ0) is 12.3. The number of hydrogen-bond acceptors (Lipinski definition) is 3. The molecule has 0 aliphatic carbocycles. The zero-order valence-electron chi connectivity index (χ0n) is 9.30. The molecular weight excluding hydrogens is 234 g/mol. The fourth-order valence-electron chi connectivity index (χ4n) is 1.69. The van der Waals surface area contributed by atoms with Gasteiger partial charge in [0.15, 0.2) is 0 Å². The van der Waals surface area contributed by atoms with E-state index in [1.165, 1.54) is 4.68 Å². The first kappa shape index (κ1) is 11.7. The topological polar surface area (TPSA) is 60.9 Å². The first-order valence-corrected chi connectivity index (χ1v) is 5.82. The predicted molar refractivity (Wildman–Crippen MR) is 72.0 cm³/mol. The molecule has 0 spiro atoms. The molecule has 1 aromatic heterocycles. The van der Waals surface area contributed by atoms with Crippen molar-refractivity contribution in [2.24, 2.45) is 5.73 Å². The van der Waals surface area contributed by atoms with Crippen LogP contribution >= 0.6 is 12.2 Å². The normalized spacial score (nSPS) is 10.6. The van der Waals surface area contributed by atoms with Crippen molar-refractivity contribution in [3.63, 3.8) is 0 Å². The molecule has 0 saturated heterocycles.